The Morgan fingerprint density at radius 3 is 2.82 bits per heavy atom. The number of hydrogen-bond acceptors (Lipinski definition) is 3. The number of nitrogens with one attached hydrogen (secondary N) is 1. The van der Waals surface area contributed by atoms with E-state index in [9.17, 15) is 9.18 Å². The molecule has 1 atom stereocenters. The highest BCUT2D eigenvalue weighted by Crippen LogP contribution is 2.07. The highest BCUT2D eigenvalue weighted by atomic mass is 19.1. The van der Waals surface area contributed by atoms with Gasteiger partial charge in [-0.3, -0.25) is 4.79 Å². The van der Waals surface area contributed by atoms with Gasteiger partial charge in [0.1, 0.15) is 0 Å². The van der Waals surface area contributed by atoms with Crippen LogP contribution in [0.3, 0.4) is 0 Å². The summed E-state index contributed by atoms with van der Waals surface area (Å²) < 4.78 is 18.3. The summed E-state index contributed by atoms with van der Waals surface area (Å²) >= 11 is 0. The lowest BCUT2D eigenvalue weighted by molar-refractivity contribution is 0.0862. The highest BCUT2D eigenvalue weighted by Gasteiger charge is 2.19. The molecule has 1 amide bonds. The summed E-state index contributed by atoms with van der Waals surface area (Å²) in [5.41, 5.74) is -0.0470. The van der Waals surface area contributed by atoms with Crippen LogP contribution in [-0.2, 0) is 4.74 Å². The van der Waals surface area contributed by atoms with E-state index in [-0.39, 0.29) is 17.5 Å². The molecule has 0 saturated carbocycles. The molecule has 1 rings (SSSR count). The molecule has 0 aliphatic rings. The standard InChI is InChI=1S/C12H17FN2O2/c1-8(2)10(7-17-3)15-12(16)9-5-4-6-14-11(9)13/h4-6,8,10H,7H2,1-3H3,(H,15,16). The summed E-state index contributed by atoms with van der Waals surface area (Å²) in [7, 11) is 1.56. The molecule has 1 heterocycles. The first-order valence-corrected chi connectivity index (χ1v) is 5.46. The molecule has 1 unspecified atom stereocenters. The molecule has 4 nitrogen and oxygen atoms in total. The minimum absolute atomic E-state index is 0.0470. The van der Waals surface area contributed by atoms with Gasteiger partial charge in [0.05, 0.1) is 18.2 Å². The third-order valence-corrected chi connectivity index (χ3v) is 2.47. The molecular weight excluding hydrogens is 223 g/mol. The fraction of sp³-hybridized carbons (Fsp3) is 0.500. The van der Waals surface area contributed by atoms with E-state index >= 15 is 0 Å². The number of amides is 1. The Bertz CT molecular complexity index is 383. The largest absolute Gasteiger partial charge is 0.383 e. The molecule has 1 N–H and O–H groups in total. The van der Waals surface area contributed by atoms with Gasteiger partial charge in [-0.25, -0.2) is 4.98 Å². The first-order chi connectivity index (χ1) is 8.06. The van der Waals surface area contributed by atoms with Gasteiger partial charge in [0.2, 0.25) is 5.95 Å². The second-order valence-electron chi connectivity index (χ2n) is 4.12. The summed E-state index contributed by atoms with van der Waals surface area (Å²) in [4.78, 5) is 15.2. The molecule has 0 spiro atoms. The molecule has 94 valence electrons. The number of carbonyl (C=O) groups excluding carboxylic acids is 1. The predicted molar refractivity (Wildman–Crippen MR) is 62.2 cm³/mol. The van der Waals surface area contributed by atoms with Crippen LogP contribution >= 0.6 is 0 Å². The van der Waals surface area contributed by atoms with Crippen LogP contribution in [0, 0.1) is 11.9 Å². The maximum absolute atomic E-state index is 13.3. The second-order valence-corrected chi connectivity index (χ2v) is 4.12. The van der Waals surface area contributed by atoms with E-state index < -0.39 is 11.9 Å². The van der Waals surface area contributed by atoms with Crippen LogP contribution < -0.4 is 5.32 Å². The van der Waals surface area contributed by atoms with Crippen molar-refractivity contribution in [1.29, 1.82) is 0 Å². The van der Waals surface area contributed by atoms with Gasteiger partial charge in [-0.2, -0.15) is 4.39 Å². The summed E-state index contributed by atoms with van der Waals surface area (Å²) in [6.07, 6.45) is 1.31. The fourth-order valence-electron chi connectivity index (χ4n) is 1.38. The van der Waals surface area contributed by atoms with Crippen molar-refractivity contribution in [3.05, 3.63) is 29.8 Å². The quantitative estimate of drug-likeness (QED) is 0.796. The zero-order valence-electron chi connectivity index (χ0n) is 10.2. The fourth-order valence-corrected chi connectivity index (χ4v) is 1.38. The smallest absolute Gasteiger partial charge is 0.256 e. The van der Waals surface area contributed by atoms with Crippen molar-refractivity contribution in [2.24, 2.45) is 5.92 Å². The molecule has 0 aliphatic heterocycles. The number of carbonyl (C=O) groups is 1. The molecule has 0 aliphatic carbocycles. The number of rotatable bonds is 5. The molecule has 0 bridgehead atoms. The third-order valence-electron chi connectivity index (χ3n) is 2.47. The molecule has 0 saturated heterocycles. The molecule has 0 aromatic carbocycles. The number of hydrogen-bond donors (Lipinski definition) is 1. The lowest BCUT2D eigenvalue weighted by atomic mass is 10.0. The zero-order chi connectivity index (χ0) is 12.8. The second kappa shape index (κ2) is 6.30. The van der Waals surface area contributed by atoms with E-state index in [0.717, 1.165) is 0 Å². The van der Waals surface area contributed by atoms with Gasteiger partial charge in [0.25, 0.3) is 5.91 Å². The maximum atomic E-state index is 13.3. The van der Waals surface area contributed by atoms with Crippen LogP contribution in [0.15, 0.2) is 18.3 Å². The van der Waals surface area contributed by atoms with E-state index in [1.807, 2.05) is 13.8 Å². The van der Waals surface area contributed by atoms with Crippen LogP contribution in [0.5, 0.6) is 0 Å². The van der Waals surface area contributed by atoms with Crippen molar-refractivity contribution >= 4 is 5.91 Å². The highest BCUT2D eigenvalue weighted by molar-refractivity contribution is 5.94. The van der Waals surface area contributed by atoms with Gasteiger partial charge >= 0.3 is 0 Å². The van der Waals surface area contributed by atoms with Gasteiger partial charge < -0.3 is 10.1 Å². The Labute approximate surface area is 100 Å². The maximum Gasteiger partial charge on any atom is 0.256 e. The van der Waals surface area contributed by atoms with E-state index in [4.69, 9.17) is 4.74 Å². The SMILES string of the molecule is COCC(NC(=O)c1cccnc1F)C(C)C. The normalized spacial score (nSPS) is 12.5. The van der Waals surface area contributed by atoms with Gasteiger partial charge in [-0.1, -0.05) is 13.8 Å². The van der Waals surface area contributed by atoms with E-state index in [1.54, 1.807) is 7.11 Å². The van der Waals surface area contributed by atoms with Crippen LogP contribution in [-0.4, -0.2) is 30.6 Å². The summed E-state index contributed by atoms with van der Waals surface area (Å²) in [6.45, 7) is 4.32. The van der Waals surface area contributed by atoms with Crippen molar-refractivity contribution in [3.8, 4) is 0 Å². The van der Waals surface area contributed by atoms with E-state index in [1.165, 1.54) is 18.3 Å². The lowest BCUT2D eigenvalue weighted by Crippen LogP contribution is -2.42. The van der Waals surface area contributed by atoms with Crippen LogP contribution in [0.4, 0.5) is 4.39 Å². The molecule has 0 radical (unpaired) electrons. The van der Waals surface area contributed by atoms with Crippen molar-refractivity contribution in [2.75, 3.05) is 13.7 Å². The number of nitrogens with zero attached hydrogens (tertiary/aromatic N) is 1. The van der Waals surface area contributed by atoms with Gasteiger partial charge in [0, 0.05) is 13.3 Å². The lowest BCUT2D eigenvalue weighted by Gasteiger charge is -2.21. The van der Waals surface area contributed by atoms with Crippen molar-refractivity contribution in [1.82, 2.24) is 10.3 Å². The van der Waals surface area contributed by atoms with Gasteiger partial charge in [-0.05, 0) is 18.1 Å². The summed E-state index contributed by atoms with van der Waals surface area (Å²) in [6, 6.07) is 2.78. The molecule has 1 aromatic rings. The topological polar surface area (TPSA) is 51.2 Å². The van der Waals surface area contributed by atoms with Gasteiger partial charge in [-0.15, -0.1) is 0 Å². The number of halogens is 1. The zero-order valence-corrected chi connectivity index (χ0v) is 10.2. The van der Waals surface area contributed by atoms with Crippen LogP contribution in [0.25, 0.3) is 0 Å². The Morgan fingerprint density at radius 1 is 1.59 bits per heavy atom. The van der Waals surface area contributed by atoms with Crippen molar-refractivity contribution < 1.29 is 13.9 Å². The Morgan fingerprint density at radius 2 is 2.29 bits per heavy atom. The van der Waals surface area contributed by atoms with E-state index in [0.29, 0.717) is 6.61 Å². The summed E-state index contributed by atoms with van der Waals surface area (Å²) in [5, 5.41) is 2.73. The molecule has 0 fully saturated rings. The molecular formula is C12H17FN2O2. The van der Waals surface area contributed by atoms with Crippen LogP contribution in [0.2, 0.25) is 0 Å². The Kier molecular flexibility index (Phi) is 5.03. The van der Waals surface area contributed by atoms with Gasteiger partial charge in [0.15, 0.2) is 0 Å². The minimum Gasteiger partial charge on any atom is -0.383 e. The Hall–Kier alpha value is -1.49. The molecule has 17 heavy (non-hydrogen) atoms. The molecule has 5 heteroatoms. The number of aromatic nitrogens is 1. The number of methoxy groups -OCH3 is 1. The first-order valence-electron chi connectivity index (χ1n) is 5.46. The number of pyridine rings is 1. The van der Waals surface area contributed by atoms with Crippen molar-refractivity contribution in [2.45, 2.75) is 19.9 Å². The van der Waals surface area contributed by atoms with Crippen molar-refractivity contribution in [3.63, 3.8) is 0 Å². The molecule has 1 aromatic heterocycles. The monoisotopic (exact) mass is 240 g/mol. The third kappa shape index (κ3) is 3.78. The minimum atomic E-state index is -0.759. The summed E-state index contributed by atoms with van der Waals surface area (Å²) in [5.74, 6) is -1.02. The first kappa shape index (κ1) is 13.6. The Balaban J connectivity index is 2.74. The van der Waals surface area contributed by atoms with E-state index in [2.05, 4.69) is 10.3 Å². The number of ether oxygens (including phenoxy) is 1. The van der Waals surface area contributed by atoms with Crippen LogP contribution in [0.1, 0.15) is 24.2 Å². The average molecular weight is 240 g/mol. The predicted octanol–water partition coefficient (Wildman–Crippen LogP) is 1.62. The average Bonchev–Trinajstić information content (AvgIpc) is 2.28.